The van der Waals surface area contributed by atoms with Gasteiger partial charge in [0.15, 0.2) is 0 Å². The summed E-state index contributed by atoms with van der Waals surface area (Å²) in [7, 11) is 0. The summed E-state index contributed by atoms with van der Waals surface area (Å²) in [6.45, 7) is 9.16. The average molecular weight is 228 g/mol. The van der Waals surface area contributed by atoms with Crippen LogP contribution in [0, 0.1) is 11.8 Å². The van der Waals surface area contributed by atoms with E-state index in [-0.39, 0.29) is 11.9 Å². The summed E-state index contributed by atoms with van der Waals surface area (Å²) in [6, 6.07) is 0.283. The van der Waals surface area contributed by atoms with Crippen molar-refractivity contribution in [1.82, 2.24) is 5.32 Å². The van der Waals surface area contributed by atoms with Crippen LogP contribution in [0.4, 0.5) is 0 Å². The molecule has 0 aromatic heterocycles. The van der Waals surface area contributed by atoms with E-state index in [9.17, 15) is 4.79 Å². The highest BCUT2D eigenvalue weighted by Gasteiger charge is 2.12. The van der Waals surface area contributed by atoms with Gasteiger partial charge < -0.3 is 11.1 Å². The second-order valence-electron chi connectivity index (χ2n) is 5.15. The average Bonchev–Trinajstić information content (AvgIpc) is 2.23. The van der Waals surface area contributed by atoms with Gasteiger partial charge in [0.25, 0.3) is 0 Å². The Morgan fingerprint density at radius 1 is 1.25 bits per heavy atom. The number of amides is 1. The first-order chi connectivity index (χ1) is 7.49. The van der Waals surface area contributed by atoms with Crippen molar-refractivity contribution in [2.24, 2.45) is 17.6 Å². The first-order valence-electron chi connectivity index (χ1n) is 6.49. The molecule has 2 unspecified atom stereocenters. The van der Waals surface area contributed by atoms with Crippen molar-refractivity contribution in [3.05, 3.63) is 0 Å². The maximum absolute atomic E-state index is 11.7. The van der Waals surface area contributed by atoms with E-state index in [1.807, 2.05) is 0 Å². The SMILES string of the molecule is CCC(CN)CC(=O)NC(C)CCC(C)C. The standard InChI is InChI=1S/C13H28N2O/c1-5-12(9-14)8-13(16)15-11(4)7-6-10(2)3/h10-12H,5-9,14H2,1-4H3,(H,15,16). The summed E-state index contributed by atoms with van der Waals surface area (Å²) in [5.41, 5.74) is 5.58. The Kier molecular flexibility index (Phi) is 8.26. The van der Waals surface area contributed by atoms with Crippen LogP contribution in [-0.4, -0.2) is 18.5 Å². The first kappa shape index (κ1) is 15.4. The summed E-state index contributed by atoms with van der Waals surface area (Å²) in [5, 5.41) is 3.04. The number of nitrogens with one attached hydrogen (secondary N) is 1. The quantitative estimate of drug-likeness (QED) is 0.670. The van der Waals surface area contributed by atoms with Crippen LogP contribution >= 0.6 is 0 Å². The second kappa shape index (κ2) is 8.57. The molecule has 0 heterocycles. The van der Waals surface area contributed by atoms with Gasteiger partial charge in [-0.2, -0.15) is 0 Å². The predicted octanol–water partition coefficient (Wildman–Crippen LogP) is 2.30. The Balaban J connectivity index is 3.77. The summed E-state index contributed by atoms with van der Waals surface area (Å²) in [4.78, 5) is 11.7. The van der Waals surface area contributed by atoms with Gasteiger partial charge in [-0.1, -0.05) is 27.2 Å². The lowest BCUT2D eigenvalue weighted by Crippen LogP contribution is -2.34. The monoisotopic (exact) mass is 228 g/mol. The van der Waals surface area contributed by atoms with Crippen molar-refractivity contribution in [3.8, 4) is 0 Å². The van der Waals surface area contributed by atoms with Gasteiger partial charge in [0.1, 0.15) is 0 Å². The van der Waals surface area contributed by atoms with Crippen LogP contribution < -0.4 is 11.1 Å². The lowest BCUT2D eigenvalue weighted by Gasteiger charge is -2.17. The molecule has 16 heavy (non-hydrogen) atoms. The highest BCUT2D eigenvalue weighted by molar-refractivity contribution is 5.76. The van der Waals surface area contributed by atoms with Crippen LogP contribution in [0.25, 0.3) is 0 Å². The van der Waals surface area contributed by atoms with E-state index < -0.39 is 0 Å². The zero-order valence-electron chi connectivity index (χ0n) is 11.3. The van der Waals surface area contributed by atoms with Crippen LogP contribution in [0.1, 0.15) is 53.4 Å². The molecule has 3 N–H and O–H groups in total. The van der Waals surface area contributed by atoms with Gasteiger partial charge in [-0.3, -0.25) is 4.79 Å². The molecule has 0 saturated carbocycles. The summed E-state index contributed by atoms with van der Waals surface area (Å²) in [6.07, 6.45) is 3.77. The van der Waals surface area contributed by atoms with Crippen LogP contribution in [0.5, 0.6) is 0 Å². The van der Waals surface area contributed by atoms with Crippen molar-refractivity contribution in [1.29, 1.82) is 0 Å². The van der Waals surface area contributed by atoms with Gasteiger partial charge in [-0.05, 0) is 38.1 Å². The zero-order valence-corrected chi connectivity index (χ0v) is 11.3. The maximum Gasteiger partial charge on any atom is 0.220 e. The van der Waals surface area contributed by atoms with Crippen molar-refractivity contribution in [3.63, 3.8) is 0 Å². The molecule has 0 aromatic carbocycles. The molecule has 0 aliphatic rings. The van der Waals surface area contributed by atoms with Gasteiger partial charge >= 0.3 is 0 Å². The van der Waals surface area contributed by atoms with Gasteiger partial charge in [0.05, 0.1) is 0 Å². The number of carbonyl (C=O) groups excluding carboxylic acids is 1. The number of hydrogen-bond donors (Lipinski definition) is 2. The Labute approximate surface area is 100 Å². The second-order valence-corrected chi connectivity index (χ2v) is 5.15. The van der Waals surface area contributed by atoms with E-state index in [2.05, 4.69) is 33.0 Å². The highest BCUT2D eigenvalue weighted by Crippen LogP contribution is 2.08. The fourth-order valence-corrected chi connectivity index (χ4v) is 1.65. The highest BCUT2D eigenvalue weighted by atomic mass is 16.1. The van der Waals surface area contributed by atoms with Crippen LogP contribution in [0.3, 0.4) is 0 Å². The van der Waals surface area contributed by atoms with E-state index in [4.69, 9.17) is 5.73 Å². The lowest BCUT2D eigenvalue weighted by molar-refractivity contribution is -0.122. The van der Waals surface area contributed by atoms with Gasteiger partial charge in [0, 0.05) is 12.5 Å². The molecule has 0 spiro atoms. The third kappa shape index (κ3) is 7.69. The lowest BCUT2D eigenvalue weighted by atomic mass is 10.0. The molecule has 0 rings (SSSR count). The molecule has 3 nitrogen and oxygen atoms in total. The van der Waals surface area contributed by atoms with E-state index in [1.165, 1.54) is 0 Å². The van der Waals surface area contributed by atoms with Gasteiger partial charge in [-0.25, -0.2) is 0 Å². The largest absolute Gasteiger partial charge is 0.354 e. The molecule has 3 heteroatoms. The fraction of sp³-hybridized carbons (Fsp3) is 0.923. The maximum atomic E-state index is 11.7. The summed E-state index contributed by atoms with van der Waals surface area (Å²) >= 11 is 0. The van der Waals surface area contributed by atoms with Crippen LogP contribution in [-0.2, 0) is 4.79 Å². The number of nitrogens with two attached hydrogens (primary N) is 1. The smallest absolute Gasteiger partial charge is 0.220 e. The topological polar surface area (TPSA) is 55.1 Å². The van der Waals surface area contributed by atoms with Gasteiger partial charge in [0.2, 0.25) is 5.91 Å². The molecule has 2 atom stereocenters. The van der Waals surface area contributed by atoms with E-state index >= 15 is 0 Å². The fourth-order valence-electron chi connectivity index (χ4n) is 1.65. The third-order valence-electron chi connectivity index (χ3n) is 2.97. The minimum Gasteiger partial charge on any atom is -0.354 e. The van der Waals surface area contributed by atoms with Crippen molar-refractivity contribution in [2.45, 2.75) is 59.4 Å². The molecular formula is C13H28N2O. The van der Waals surface area contributed by atoms with E-state index in [0.717, 1.165) is 19.3 Å². The minimum atomic E-state index is 0.147. The summed E-state index contributed by atoms with van der Waals surface area (Å²) in [5.74, 6) is 1.18. The van der Waals surface area contributed by atoms with Gasteiger partial charge in [-0.15, -0.1) is 0 Å². The number of carbonyl (C=O) groups is 1. The molecule has 96 valence electrons. The zero-order chi connectivity index (χ0) is 12.6. The van der Waals surface area contributed by atoms with E-state index in [1.54, 1.807) is 0 Å². The predicted molar refractivity (Wildman–Crippen MR) is 69.1 cm³/mol. The van der Waals surface area contributed by atoms with Crippen molar-refractivity contribution < 1.29 is 4.79 Å². The normalized spacial score (nSPS) is 14.9. The molecule has 0 aliphatic carbocycles. The van der Waals surface area contributed by atoms with Crippen LogP contribution in [0.2, 0.25) is 0 Å². The molecule has 0 aromatic rings. The van der Waals surface area contributed by atoms with Crippen molar-refractivity contribution in [2.75, 3.05) is 6.54 Å². The molecule has 0 saturated heterocycles. The first-order valence-corrected chi connectivity index (χ1v) is 6.49. The Hall–Kier alpha value is -0.570. The Bertz CT molecular complexity index is 188. The molecule has 0 fully saturated rings. The van der Waals surface area contributed by atoms with Crippen LogP contribution in [0.15, 0.2) is 0 Å². The van der Waals surface area contributed by atoms with E-state index in [0.29, 0.717) is 24.8 Å². The summed E-state index contributed by atoms with van der Waals surface area (Å²) < 4.78 is 0. The number of hydrogen-bond acceptors (Lipinski definition) is 2. The number of rotatable bonds is 8. The molecule has 0 aliphatic heterocycles. The third-order valence-corrected chi connectivity index (χ3v) is 2.97. The Morgan fingerprint density at radius 2 is 1.88 bits per heavy atom. The molecule has 0 radical (unpaired) electrons. The molecule has 1 amide bonds. The Morgan fingerprint density at radius 3 is 2.31 bits per heavy atom. The minimum absolute atomic E-state index is 0.147. The molecular weight excluding hydrogens is 200 g/mol. The van der Waals surface area contributed by atoms with Crippen molar-refractivity contribution >= 4 is 5.91 Å². The molecule has 0 bridgehead atoms.